The van der Waals surface area contributed by atoms with Crippen molar-refractivity contribution in [3.05, 3.63) is 50.9 Å². The second-order valence-electron chi connectivity index (χ2n) is 6.21. The largest absolute Gasteiger partial charge is 0.507 e. The third kappa shape index (κ3) is 3.37. The van der Waals surface area contributed by atoms with E-state index in [-0.39, 0.29) is 17.9 Å². The minimum Gasteiger partial charge on any atom is -0.507 e. The van der Waals surface area contributed by atoms with Gasteiger partial charge in [0.15, 0.2) is 11.5 Å². The number of hydrogen-bond acceptors (Lipinski definition) is 5. The number of pyridine rings is 1. The molecule has 1 aliphatic rings. The van der Waals surface area contributed by atoms with Crippen LogP contribution in [-0.2, 0) is 19.4 Å². The van der Waals surface area contributed by atoms with Crippen molar-refractivity contribution in [1.82, 2.24) is 10.3 Å². The van der Waals surface area contributed by atoms with E-state index in [4.69, 9.17) is 9.47 Å². The first-order valence-electron chi connectivity index (χ1n) is 8.51. The summed E-state index contributed by atoms with van der Waals surface area (Å²) in [5.74, 6) is 0.334. The molecule has 1 heterocycles. The Bertz CT molecular complexity index is 888. The molecule has 0 fully saturated rings. The fourth-order valence-corrected chi connectivity index (χ4v) is 3.23. The van der Waals surface area contributed by atoms with E-state index in [0.717, 1.165) is 24.1 Å². The van der Waals surface area contributed by atoms with E-state index in [2.05, 4.69) is 10.3 Å². The highest BCUT2D eigenvalue weighted by Gasteiger charge is 2.23. The number of aromatic nitrogens is 1. The van der Waals surface area contributed by atoms with Crippen LogP contribution in [0.1, 0.15) is 40.0 Å². The van der Waals surface area contributed by atoms with Gasteiger partial charge in [-0.25, -0.2) is 0 Å². The van der Waals surface area contributed by atoms with Crippen molar-refractivity contribution >= 4 is 5.91 Å². The summed E-state index contributed by atoms with van der Waals surface area (Å²) in [6.45, 7) is 0.190. The fourth-order valence-electron chi connectivity index (χ4n) is 3.23. The van der Waals surface area contributed by atoms with Crippen LogP contribution >= 0.6 is 0 Å². The lowest BCUT2D eigenvalue weighted by Crippen LogP contribution is -2.31. The molecule has 0 atom stereocenters. The Morgan fingerprint density at radius 1 is 1.19 bits per heavy atom. The Labute approximate surface area is 151 Å². The molecule has 0 unspecified atom stereocenters. The molecule has 1 aromatic heterocycles. The summed E-state index contributed by atoms with van der Waals surface area (Å²) in [6.07, 6.45) is 3.27. The highest BCUT2D eigenvalue weighted by atomic mass is 16.5. The molecule has 2 aromatic rings. The number of fused-ring (bicyclic) bond motifs is 1. The van der Waals surface area contributed by atoms with Crippen molar-refractivity contribution in [2.75, 3.05) is 14.2 Å². The van der Waals surface area contributed by atoms with Gasteiger partial charge in [0.25, 0.3) is 11.5 Å². The quantitative estimate of drug-likeness (QED) is 0.758. The Morgan fingerprint density at radius 2 is 1.92 bits per heavy atom. The summed E-state index contributed by atoms with van der Waals surface area (Å²) >= 11 is 0. The predicted molar refractivity (Wildman–Crippen MR) is 96.1 cm³/mol. The first-order chi connectivity index (χ1) is 12.5. The Morgan fingerprint density at radius 3 is 2.65 bits per heavy atom. The van der Waals surface area contributed by atoms with Gasteiger partial charge < -0.3 is 24.9 Å². The van der Waals surface area contributed by atoms with Crippen LogP contribution in [0.4, 0.5) is 0 Å². The molecule has 1 aromatic carbocycles. The Hall–Kier alpha value is -2.96. The summed E-state index contributed by atoms with van der Waals surface area (Å²) in [5, 5.41) is 13.1. The monoisotopic (exact) mass is 358 g/mol. The van der Waals surface area contributed by atoms with Gasteiger partial charge in [0.2, 0.25) is 0 Å². The number of aromatic amines is 1. The predicted octanol–water partition coefficient (Wildman–Crippen LogP) is 1.91. The average Bonchev–Trinajstić information content (AvgIpc) is 2.66. The standard InChI is InChI=1S/C19H22N2O5/c1-25-14-8-7-11(9-15(14)26-2)10-20-18(23)16-17(22)12-5-3-4-6-13(12)21-19(16)24/h7-9H,3-6,10H2,1-2H3,(H,20,23)(H2,21,22,24). The Kier molecular flexibility index (Phi) is 5.16. The molecule has 3 rings (SSSR count). The van der Waals surface area contributed by atoms with E-state index in [1.807, 2.05) is 0 Å². The maximum atomic E-state index is 12.5. The SMILES string of the molecule is COc1ccc(CNC(=O)c2c(O)c3c([nH]c2=O)CCCC3)cc1OC. The lowest BCUT2D eigenvalue weighted by atomic mass is 9.93. The third-order valence-corrected chi connectivity index (χ3v) is 4.61. The van der Waals surface area contributed by atoms with Gasteiger partial charge >= 0.3 is 0 Å². The van der Waals surface area contributed by atoms with Crippen LogP contribution in [0, 0.1) is 0 Å². The zero-order chi connectivity index (χ0) is 18.7. The minimum atomic E-state index is -0.605. The number of hydrogen-bond donors (Lipinski definition) is 3. The molecular formula is C19H22N2O5. The molecule has 7 nitrogen and oxygen atoms in total. The first kappa shape index (κ1) is 17.8. The van der Waals surface area contributed by atoms with Crippen molar-refractivity contribution in [2.45, 2.75) is 32.2 Å². The van der Waals surface area contributed by atoms with E-state index in [0.29, 0.717) is 29.9 Å². The van der Waals surface area contributed by atoms with Crippen LogP contribution in [0.5, 0.6) is 17.2 Å². The summed E-state index contributed by atoms with van der Waals surface area (Å²) in [4.78, 5) is 27.4. The number of benzene rings is 1. The van der Waals surface area contributed by atoms with Crippen molar-refractivity contribution in [2.24, 2.45) is 0 Å². The summed E-state index contributed by atoms with van der Waals surface area (Å²) in [6, 6.07) is 5.28. The van der Waals surface area contributed by atoms with Crippen LogP contribution in [0.3, 0.4) is 0 Å². The van der Waals surface area contributed by atoms with Crippen molar-refractivity contribution in [3.63, 3.8) is 0 Å². The van der Waals surface area contributed by atoms with Gasteiger partial charge in [0.05, 0.1) is 14.2 Å². The van der Waals surface area contributed by atoms with Crippen molar-refractivity contribution in [1.29, 1.82) is 0 Å². The Balaban J connectivity index is 1.80. The average molecular weight is 358 g/mol. The topological polar surface area (TPSA) is 101 Å². The molecule has 0 saturated heterocycles. The van der Waals surface area contributed by atoms with Gasteiger partial charge in [-0.05, 0) is 43.4 Å². The molecular weight excluding hydrogens is 336 g/mol. The number of carbonyl (C=O) groups excluding carboxylic acids is 1. The van der Waals surface area contributed by atoms with E-state index < -0.39 is 11.5 Å². The van der Waals surface area contributed by atoms with Gasteiger partial charge in [0.1, 0.15) is 11.3 Å². The lowest BCUT2D eigenvalue weighted by molar-refractivity contribution is 0.0946. The van der Waals surface area contributed by atoms with E-state index in [9.17, 15) is 14.7 Å². The van der Waals surface area contributed by atoms with Gasteiger partial charge in [-0.1, -0.05) is 6.07 Å². The van der Waals surface area contributed by atoms with E-state index in [1.165, 1.54) is 7.11 Å². The minimum absolute atomic E-state index is 0.190. The maximum Gasteiger partial charge on any atom is 0.264 e. The maximum absolute atomic E-state index is 12.5. The third-order valence-electron chi connectivity index (χ3n) is 4.61. The van der Waals surface area contributed by atoms with E-state index in [1.54, 1.807) is 25.3 Å². The smallest absolute Gasteiger partial charge is 0.264 e. The molecule has 1 aliphatic carbocycles. The summed E-state index contributed by atoms with van der Waals surface area (Å²) < 4.78 is 10.4. The van der Waals surface area contributed by atoms with Crippen molar-refractivity contribution < 1.29 is 19.4 Å². The molecule has 0 aliphatic heterocycles. The molecule has 0 bridgehead atoms. The number of methoxy groups -OCH3 is 2. The molecule has 138 valence electrons. The molecule has 0 saturated carbocycles. The van der Waals surface area contributed by atoms with Gasteiger partial charge in [-0.15, -0.1) is 0 Å². The normalized spacial score (nSPS) is 13.0. The number of H-pyrrole nitrogens is 1. The van der Waals surface area contributed by atoms with E-state index >= 15 is 0 Å². The number of carbonyl (C=O) groups is 1. The summed E-state index contributed by atoms with van der Waals surface area (Å²) in [7, 11) is 3.08. The van der Waals surface area contributed by atoms with Gasteiger partial charge in [0, 0.05) is 17.8 Å². The number of aromatic hydroxyl groups is 1. The number of amides is 1. The number of aryl methyl sites for hydroxylation is 1. The van der Waals surface area contributed by atoms with Gasteiger partial charge in [-0.2, -0.15) is 0 Å². The molecule has 3 N–H and O–H groups in total. The van der Waals surface area contributed by atoms with Crippen molar-refractivity contribution in [3.8, 4) is 17.2 Å². The molecule has 1 amide bonds. The number of rotatable bonds is 5. The van der Waals surface area contributed by atoms with Crippen LogP contribution in [-0.4, -0.2) is 30.2 Å². The molecule has 26 heavy (non-hydrogen) atoms. The second kappa shape index (κ2) is 7.51. The lowest BCUT2D eigenvalue weighted by Gasteiger charge is -2.18. The fraction of sp³-hybridized carbons (Fsp3) is 0.368. The van der Waals surface area contributed by atoms with Crippen LogP contribution in [0.15, 0.2) is 23.0 Å². The zero-order valence-corrected chi connectivity index (χ0v) is 14.8. The molecule has 7 heteroatoms. The van der Waals surface area contributed by atoms with Crippen LogP contribution < -0.4 is 20.3 Å². The first-order valence-corrected chi connectivity index (χ1v) is 8.51. The number of ether oxygens (including phenoxy) is 2. The van der Waals surface area contributed by atoms with Crippen LogP contribution in [0.2, 0.25) is 0 Å². The van der Waals surface area contributed by atoms with Gasteiger partial charge in [-0.3, -0.25) is 9.59 Å². The second-order valence-corrected chi connectivity index (χ2v) is 6.21. The zero-order valence-electron chi connectivity index (χ0n) is 14.8. The molecule has 0 radical (unpaired) electrons. The number of nitrogens with one attached hydrogen (secondary N) is 2. The van der Waals surface area contributed by atoms with Crippen LogP contribution in [0.25, 0.3) is 0 Å². The highest BCUT2D eigenvalue weighted by molar-refractivity contribution is 5.96. The molecule has 0 spiro atoms. The summed E-state index contributed by atoms with van der Waals surface area (Å²) in [5.41, 5.74) is 1.39. The highest BCUT2D eigenvalue weighted by Crippen LogP contribution is 2.29.